The number of carboxylic acids is 1. The second-order valence-electron chi connectivity index (χ2n) is 6.38. The molecule has 0 bridgehead atoms. The van der Waals surface area contributed by atoms with Gasteiger partial charge in [-0.1, -0.05) is 0 Å². The van der Waals surface area contributed by atoms with Gasteiger partial charge in [-0.3, -0.25) is 14.7 Å². The van der Waals surface area contributed by atoms with Gasteiger partial charge < -0.3 is 14.7 Å². The Labute approximate surface area is 153 Å². The van der Waals surface area contributed by atoms with Crippen molar-refractivity contribution in [2.24, 2.45) is 0 Å². The first-order valence-electron chi connectivity index (χ1n) is 8.30. The summed E-state index contributed by atoms with van der Waals surface area (Å²) in [5.41, 5.74) is 0.536. The van der Waals surface area contributed by atoms with Gasteiger partial charge in [0.2, 0.25) is 0 Å². The second-order valence-corrected chi connectivity index (χ2v) is 6.38. The highest BCUT2D eigenvalue weighted by Crippen LogP contribution is 2.30. The molecule has 3 rings (SSSR count). The van der Waals surface area contributed by atoms with Crippen molar-refractivity contribution < 1.29 is 32.6 Å². The van der Waals surface area contributed by atoms with Crippen molar-refractivity contribution in [3.8, 4) is 0 Å². The average molecular weight is 390 g/mol. The first-order chi connectivity index (χ1) is 12.7. The molecular weight excluding hydrogens is 369 g/mol. The number of aromatic nitrogens is 2. The molecular formula is C16H21F3N4O4. The summed E-state index contributed by atoms with van der Waals surface area (Å²) in [5, 5.41) is 7.12. The van der Waals surface area contributed by atoms with E-state index in [-0.39, 0.29) is 11.4 Å². The fourth-order valence-corrected chi connectivity index (χ4v) is 3.03. The molecule has 8 nitrogen and oxygen atoms in total. The number of carboxylic acid groups (broad SMARTS) is 1. The minimum Gasteiger partial charge on any atom is -0.475 e. The Kier molecular flexibility index (Phi) is 6.71. The van der Waals surface area contributed by atoms with Gasteiger partial charge in [0.05, 0.1) is 19.4 Å². The Hall–Kier alpha value is -2.27. The van der Waals surface area contributed by atoms with E-state index in [4.69, 9.17) is 14.6 Å². The van der Waals surface area contributed by atoms with Crippen LogP contribution in [0.5, 0.6) is 0 Å². The molecule has 0 saturated carbocycles. The third-order valence-electron chi connectivity index (χ3n) is 4.76. The number of hydrogen-bond acceptors (Lipinski definition) is 6. The zero-order valence-electron chi connectivity index (χ0n) is 14.8. The number of likely N-dealkylation sites (N-methyl/N-ethyl adjacent to an activating group) is 1. The van der Waals surface area contributed by atoms with Crippen LogP contribution in [0.4, 0.5) is 13.2 Å². The number of amides is 1. The summed E-state index contributed by atoms with van der Waals surface area (Å²) in [6, 6.07) is 0. The summed E-state index contributed by atoms with van der Waals surface area (Å²) >= 11 is 0. The van der Waals surface area contributed by atoms with Crippen LogP contribution in [0.15, 0.2) is 18.6 Å². The molecule has 1 aromatic rings. The number of likely N-dealkylation sites (tertiary alicyclic amines) is 1. The first-order valence-corrected chi connectivity index (χ1v) is 8.30. The van der Waals surface area contributed by atoms with E-state index < -0.39 is 12.1 Å². The Bertz CT molecular complexity index is 649. The average Bonchev–Trinajstić information content (AvgIpc) is 2.65. The van der Waals surface area contributed by atoms with Crippen LogP contribution in [-0.4, -0.2) is 88.4 Å². The Balaban J connectivity index is 0.000000321. The number of hydrogen-bond donors (Lipinski definition) is 1. The van der Waals surface area contributed by atoms with Crippen LogP contribution in [0.3, 0.4) is 0 Å². The normalized spacial score (nSPS) is 19.9. The maximum atomic E-state index is 12.3. The van der Waals surface area contributed by atoms with Gasteiger partial charge in [0.1, 0.15) is 5.69 Å². The molecule has 2 fully saturated rings. The van der Waals surface area contributed by atoms with E-state index in [1.54, 1.807) is 12.4 Å². The molecule has 1 spiro atoms. The highest BCUT2D eigenvalue weighted by molar-refractivity contribution is 5.92. The highest BCUT2D eigenvalue weighted by atomic mass is 19.4. The molecule has 1 amide bonds. The van der Waals surface area contributed by atoms with Gasteiger partial charge in [0.15, 0.2) is 0 Å². The van der Waals surface area contributed by atoms with Gasteiger partial charge in [-0.05, 0) is 19.9 Å². The standard InChI is InChI=1S/C14H20N4O2.C2HF3O2/c1-17-8-9-20-11-14(17)2-6-18(7-3-14)13(19)12-10-15-4-5-16-12;3-2(4,5)1(6)7/h4-5,10H,2-3,6-9,11H2,1H3;(H,6,7). The molecule has 0 aliphatic carbocycles. The van der Waals surface area contributed by atoms with Gasteiger partial charge in [-0.25, -0.2) is 9.78 Å². The zero-order chi connectivity index (χ0) is 20.1. The molecule has 1 aromatic heterocycles. The van der Waals surface area contributed by atoms with Gasteiger partial charge in [-0.15, -0.1) is 0 Å². The minimum absolute atomic E-state index is 0.0210. The maximum Gasteiger partial charge on any atom is 0.490 e. The first kappa shape index (κ1) is 21.0. The van der Waals surface area contributed by atoms with E-state index in [9.17, 15) is 18.0 Å². The predicted molar refractivity (Wildman–Crippen MR) is 87.0 cm³/mol. The zero-order valence-corrected chi connectivity index (χ0v) is 14.8. The van der Waals surface area contributed by atoms with Crippen LogP contribution < -0.4 is 0 Å². The number of carbonyl (C=O) groups excluding carboxylic acids is 1. The smallest absolute Gasteiger partial charge is 0.475 e. The topological polar surface area (TPSA) is 95.9 Å². The lowest BCUT2D eigenvalue weighted by Crippen LogP contribution is -2.60. The fourth-order valence-electron chi connectivity index (χ4n) is 3.03. The van der Waals surface area contributed by atoms with E-state index in [1.807, 2.05) is 4.90 Å². The van der Waals surface area contributed by atoms with Crippen LogP contribution >= 0.6 is 0 Å². The van der Waals surface area contributed by atoms with E-state index in [0.717, 1.165) is 45.7 Å². The minimum atomic E-state index is -5.08. The van der Waals surface area contributed by atoms with Gasteiger partial charge in [0.25, 0.3) is 5.91 Å². The fraction of sp³-hybridized carbons (Fsp3) is 0.625. The number of carbonyl (C=O) groups is 2. The van der Waals surface area contributed by atoms with Crippen molar-refractivity contribution in [3.05, 3.63) is 24.3 Å². The van der Waals surface area contributed by atoms with Crippen LogP contribution in [0.1, 0.15) is 23.3 Å². The Morgan fingerprint density at radius 2 is 1.85 bits per heavy atom. The van der Waals surface area contributed by atoms with Crippen molar-refractivity contribution >= 4 is 11.9 Å². The number of aliphatic carboxylic acids is 1. The van der Waals surface area contributed by atoms with E-state index in [1.165, 1.54) is 6.20 Å². The van der Waals surface area contributed by atoms with E-state index in [2.05, 4.69) is 21.9 Å². The van der Waals surface area contributed by atoms with Crippen molar-refractivity contribution in [3.63, 3.8) is 0 Å². The number of morpholine rings is 1. The monoisotopic (exact) mass is 390 g/mol. The van der Waals surface area contributed by atoms with Gasteiger partial charge >= 0.3 is 12.1 Å². The van der Waals surface area contributed by atoms with Crippen molar-refractivity contribution in [1.29, 1.82) is 0 Å². The summed E-state index contributed by atoms with van der Waals surface area (Å²) in [4.78, 5) is 33.5. The summed E-state index contributed by atoms with van der Waals surface area (Å²) in [6.45, 7) is 4.06. The molecule has 2 aliphatic heterocycles. The molecule has 0 atom stereocenters. The largest absolute Gasteiger partial charge is 0.490 e. The quantitative estimate of drug-likeness (QED) is 0.766. The predicted octanol–water partition coefficient (Wildman–Crippen LogP) is 1.05. The van der Waals surface area contributed by atoms with Crippen LogP contribution in [0.25, 0.3) is 0 Å². The lowest BCUT2D eigenvalue weighted by Gasteiger charge is -2.49. The van der Waals surface area contributed by atoms with Gasteiger partial charge in [0, 0.05) is 37.6 Å². The number of nitrogens with zero attached hydrogens (tertiary/aromatic N) is 4. The lowest BCUT2D eigenvalue weighted by molar-refractivity contribution is -0.192. The Morgan fingerprint density at radius 1 is 1.22 bits per heavy atom. The van der Waals surface area contributed by atoms with Crippen molar-refractivity contribution in [2.45, 2.75) is 24.6 Å². The summed E-state index contributed by atoms with van der Waals surface area (Å²) in [7, 11) is 2.16. The number of piperidine rings is 1. The van der Waals surface area contributed by atoms with Gasteiger partial charge in [-0.2, -0.15) is 13.2 Å². The molecule has 0 unspecified atom stereocenters. The third-order valence-corrected chi connectivity index (χ3v) is 4.76. The third kappa shape index (κ3) is 5.36. The molecule has 0 radical (unpaired) electrons. The summed E-state index contributed by atoms with van der Waals surface area (Å²) in [5.74, 6) is -2.78. The second kappa shape index (κ2) is 8.61. The molecule has 150 valence electrons. The molecule has 11 heteroatoms. The number of rotatable bonds is 1. The Morgan fingerprint density at radius 3 is 2.33 bits per heavy atom. The van der Waals surface area contributed by atoms with E-state index >= 15 is 0 Å². The molecule has 27 heavy (non-hydrogen) atoms. The van der Waals surface area contributed by atoms with Crippen LogP contribution in [0.2, 0.25) is 0 Å². The van der Waals surface area contributed by atoms with Crippen LogP contribution in [0, 0.1) is 0 Å². The molecule has 1 N–H and O–H groups in total. The molecule has 2 saturated heterocycles. The molecule has 2 aliphatic rings. The van der Waals surface area contributed by atoms with E-state index in [0.29, 0.717) is 5.69 Å². The molecule has 3 heterocycles. The highest BCUT2D eigenvalue weighted by Gasteiger charge is 2.41. The van der Waals surface area contributed by atoms with Crippen LogP contribution in [-0.2, 0) is 9.53 Å². The lowest BCUT2D eigenvalue weighted by atomic mass is 9.85. The molecule has 0 aromatic carbocycles. The number of halogens is 3. The SMILES string of the molecule is CN1CCOCC12CCN(C(=O)c1cnccn1)CC2.O=C(O)C(F)(F)F. The maximum absolute atomic E-state index is 12.3. The summed E-state index contributed by atoms with van der Waals surface area (Å²) < 4.78 is 37.4. The number of alkyl halides is 3. The number of ether oxygens (including phenoxy) is 1. The van der Waals surface area contributed by atoms with Crippen molar-refractivity contribution in [2.75, 3.05) is 39.9 Å². The summed E-state index contributed by atoms with van der Waals surface area (Å²) in [6.07, 6.45) is 1.49. The van der Waals surface area contributed by atoms with Crippen molar-refractivity contribution in [1.82, 2.24) is 19.8 Å².